The number of aromatic nitrogens is 1. The van der Waals surface area contributed by atoms with E-state index in [1.807, 2.05) is 42.8 Å². The van der Waals surface area contributed by atoms with Crippen molar-refractivity contribution in [2.75, 3.05) is 0 Å². The van der Waals surface area contributed by atoms with E-state index in [2.05, 4.69) is 49.6 Å². The maximum atomic E-state index is 8.91. The lowest BCUT2D eigenvalue weighted by Crippen LogP contribution is -2.14. The molecule has 26 heavy (non-hydrogen) atoms. The third-order valence-electron chi connectivity index (χ3n) is 3.56. The predicted octanol–water partition coefficient (Wildman–Crippen LogP) is 5.04. The average Bonchev–Trinajstić information content (AvgIpc) is 3.03. The molecule has 3 aromatic rings. The minimum Gasteiger partial charge on any atom is -0.255 e. The van der Waals surface area contributed by atoms with Gasteiger partial charge in [0.05, 0.1) is 23.5 Å². The molecule has 0 unspecified atom stereocenters. The molecular formula is C20H17BrN4S. The lowest BCUT2D eigenvalue weighted by molar-refractivity contribution is 0.754. The van der Waals surface area contributed by atoms with E-state index in [4.69, 9.17) is 5.26 Å². The highest BCUT2D eigenvalue weighted by Gasteiger charge is 2.08. The molecule has 4 nitrogen and oxygen atoms in total. The van der Waals surface area contributed by atoms with Crippen LogP contribution in [0.2, 0.25) is 0 Å². The third kappa shape index (κ3) is 4.37. The number of rotatable bonds is 4. The van der Waals surface area contributed by atoms with Crippen LogP contribution >= 0.6 is 27.3 Å². The summed E-state index contributed by atoms with van der Waals surface area (Å²) in [6.45, 7) is 4.10. The van der Waals surface area contributed by atoms with Gasteiger partial charge in [-0.3, -0.25) is 4.99 Å². The van der Waals surface area contributed by atoms with Crippen molar-refractivity contribution in [3.8, 4) is 17.3 Å². The Morgan fingerprint density at radius 1 is 1.12 bits per heavy atom. The Kier molecular flexibility index (Phi) is 5.82. The fourth-order valence-electron chi connectivity index (χ4n) is 2.31. The van der Waals surface area contributed by atoms with Gasteiger partial charge in [0.15, 0.2) is 0 Å². The Morgan fingerprint density at radius 3 is 2.42 bits per heavy atom. The second-order valence-electron chi connectivity index (χ2n) is 5.92. The van der Waals surface area contributed by atoms with Gasteiger partial charge in [0.25, 0.3) is 0 Å². The Bertz CT molecular complexity index is 1020. The molecule has 0 amide bonds. The third-order valence-corrected chi connectivity index (χ3v) is 4.91. The van der Waals surface area contributed by atoms with Crippen LogP contribution in [0.4, 0.5) is 0 Å². The standard InChI is InChI=1S/C20H17BrN4S/c1-14(2)24-20-25(23-12-16-5-3-15(11-22)4-6-16)19(13-26-20)17-7-9-18(21)10-8-17/h3-10,12-14H,1-2H3. The summed E-state index contributed by atoms with van der Waals surface area (Å²) in [5, 5.41) is 15.6. The van der Waals surface area contributed by atoms with Gasteiger partial charge in [0, 0.05) is 21.5 Å². The molecule has 0 fully saturated rings. The Balaban J connectivity index is 2.05. The molecule has 2 aromatic carbocycles. The monoisotopic (exact) mass is 424 g/mol. The number of nitrogens with zero attached hydrogens (tertiary/aromatic N) is 4. The van der Waals surface area contributed by atoms with Gasteiger partial charge in [-0.05, 0) is 43.7 Å². The first-order valence-electron chi connectivity index (χ1n) is 8.11. The molecule has 1 aromatic heterocycles. The first kappa shape index (κ1) is 18.3. The number of benzene rings is 2. The smallest absolute Gasteiger partial charge is 0.206 e. The molecule has 1 heterocycles. The minimum absolute atomic E-state index is 0.183. The van der Waals surface area contributed by atoms with Crippen molar-refractivity contribution in [3.63, 3.8) is 0 Å². The van der Waals surface area contributed by atoms with Crippen molar-refractivity contribution in [1.82, 2.24) is 4.68 Å². The fraction of sp³-hybridized carbons (Fsp3) is 0.150. The quantitative estimate of drug-likeness (QED) is 0.541. The zero-order chi connectivity index (χ0) is 18.5. The van der Waals surface area contributed by atoms with Crippen LogP contribution in [-0.4, -0.2) is 16.9 Å². The van der Waals surface area contributed by atoms with E-state index in [1.165, 1.54) is 0 Å². The van der Waals surface area contributed by atoms with Gasteiger partial charge >= 0.3 is 0 Å². The molecule has 6 heteroatoms. The van der Waals surface area contributed by atoms with E-state index in [0.29, 0.717) is 5.56 Å². The maximum Gasteiger partial charge on any atom is 0.206 e. The Labute approximate surface area is 164 Å². The van der Waals surface area contributed by atoms with Crippen LogP contribution in [0.1, 0.15) is 25.0 Å². The molecule has 0 N–H and O–H groups in total. The van der Waals surface area contributed by atoms with Gasteiger partial charge < -0.3 is 0 Å². The van der Waals surface area contributed by atoms with E-state index in [9.17, 15) is 0 Å². The summed E-state index contributed by atoms with van der Waals surface area (Å²) in [4.78, 5) is 5.53. The van der Waals surface area contributed by atoms with Crippen LogP contribution in [0.25, 0.3) is 11.3 Å². The molecule has 0 aliphatic heterocycles. The zero-order valence-electron chi connectivity index (χ0n) is 14.4. The molecule has 0 radical (unpaired) electrons. The minimum atomic E-state index is 0.183. The van der Waals surface area contributed by atoms with Crippen LogP contribution in [0, 0.1) is 11.3 Å². The van der Waals surface area contributed by atoms with Gasteiger partial charge in [-0.2, -0.15) is 10.4 Å². The summed E-state index contributed by atoms with van der Waals surface area (Å²) in [7, 11) is 0. The number of nitriles is 1. The van der Waals surface area contributed by atoms with E-state index in [1.54, 1.807) is 29.7 Å². The van der Waals surface area contributed by atoms with Gasteiger partial charge in [0.2, 0.25) is 4.80 Å². The summed E-state index contributed by atoms with van der Waals surface area (Å²) >= 11 is 5.04. The largest absolute Gasteiger partial charge is 0.255 e. The molecular weight excluding hydrogens is 408 g/mol. The molecule has 0 atom stereocenters. The van der Waals surface area contributed by atoms with Gasteiger partial charge in [0.1, 0.15) is 0 Å². The van der Waals surface area contributed by atoms with E-state index in [0.717, 1.165) is 26.1 Å². The van der Waals surface area contributed by atoms with Crippen molar-refractivity contribution in [1.29, 1.82) is 5.26 Å². The summed E-state index contributed by atoms with van der Waals surface area (Å²) in [5.41, 5.74) is 3.63. The molecule has 0 saturated heterocycles. The van der Waals surface area contributed by atoms with Crippen molar-refractivity contribution >= 4 is 33.5 Å². The van der Waals surface area contributed by atoms with Crippen molar-refractivity contribution in [2.45, 2.75) is 19.9 Å². The van der Waals surface area contributed by atoms with E-state index < -0.39 is 0 Å². The Hall–Kier alpha value is -2.49. The second-order valence-corrected chi connectivity index (χ2v) is 7.68. The highest BCUT2D eigenvalue weighted by molar-refractivity contribution is 9.10. The molecule has 3 rings (SSSR count). The fourth-order valence-corrected chi connectivity index (χ4v) is 3.54. The lowest BCUT2D eigenvalue weighted by Gasteiger charge is -2.04. The zero-order valence-corrected chi connectivity index (χ0v) is 16.8. The normalized spacial score (nSPS) is 12.0. The average molecular weight is 425 g/mol. The lowest BCUT2D eigenvalue weighted by atomic mass is 10.2. The molecule has 130 valence electrons. The summed E-state index contributed by atoms with van der Waals surface area (Å²) in [6, 6.07) is 17.8. The van der Waals surface area contributed by atoms with Gasteiger partial charge in [-0.15, -0.1) is 11.3 Å². The second kappa shape index (κ2) is 8.26. The highest BCUT2D eigenvalue weighted by atomic mass is 79.9. The van der Waals surface area contributed by atoms with Crippen molar-refractivity contribution in [3.05, 3.63) is 74.3 Å². The first-order chi connectivity index (χ1) is 12.6. The first-order valence-corrected chi connectivity index (χ1v) is 9.79. The number of hydrogen-bond donors (Lipinski definition) is 0. The molecule has 0 aliphatic carbocycles. The number of halogens is 1. The topological polar surface area (TPSA) is 53.4 Å². The summed E-state index contributed by atoms with van der Waals surface area (Å²) in [5.74, 6) is 0. The van der Waals surface area contributed by atoms with Gasteiger partial charge in [-0.1, -0.05) is 40.2 Å². The number of thiazole rings is 1. The maximum absolute atomic E-state index is 8.91. The Morgan fingerprint density at radius 2 is 1.81 bits per heavy atom. The summed E-state index contributed by atoms with van der Waals surface area (Å²) < 4.78 is 2.91. The van der Waals surface area contributed by atoms with Crippen LogP contribution in [0.5, 0.6) is 0 Å². The van der Waals surface area contributed by atoms with Gasteiger partial charge in [-0.25, -0.2) is 4.68 Å². The molecule has 0 spiro atoms. The van der Waals surface area contributed by atoms with E-state index >= 15 is 0 Å². The van der Waals surface area contributed by atoms with Crippen LogP contribution in [0.3, 0.4) is 0 Å². The van der Waals surface area contributed by atoms with Crippen molar-refractivity contribution < 1.29 is 0 Å². The molecule has 0 aliphatic rings. The van der Waals surface area contributed by atoms with Crippen LogP contribution in [0.15, 0.2) is 68.5 Å². The van der Waals surface area contributed by atoms with E-state index in [-0.39, 0.29) is 6.04 Å². The summed E-state index contributed by atoms with van der Waals surface area (Å²) in [6.07, 6.45) is 1.79. The number of hydrogen-bond acceptors (Lipinski definition) is 4. The van der Waals surface area contributed by atoms with Crippen molar-refractivity contribution in [2.24, 2.45) is 10.1 Å². The van der Waals surface area contributed by atoms with Crippen LogP contribution in [-0.2, 0) is 0 Å². The van der Waals surface area contributed by atoms with Crippen LogP contribution < -0.4 is 4.80 Å². The predicted molar refractivity (Wildman–Crippen MR) is 110 cm³/mol. The highest BCUT2D eigenvalue weighted by Crippen LogP contribution is 2.22. The SMILES string of the molecule is CC(C)N=c1scc(-c2ccc(Br)cc2)n1N=Cc1ccc(C#N)cc1. The molecule has 0 saturated carbocycles. The molecule has 0 bridgehead atoms.